The zero-order valence-corrected chi connectivity index (χ0v) is 14.2. The van der Waals surface area contributed by atoms with E-state index in [2.05, 4.69) is 70.2 Å². The molecule has 0 fully saturated rings. The molecule has 0 aliphatic rings. The summed E-state index contributed by atoms with van der Waals surface area (Å²) < 4.78 is 2.26. The van der Waals surface area contributed by atoms with Crippen LogP contribution in [0.25, 0.3) is 33.3 Å². The monoisotopic (exact) mass is 335 g/mol. The third kappa shape index (κ3) is 2.45. The number of pyridine rings is 1. The van der Waals surface area contributed by atoms with Gasteiger partial charge in [0.25, 0.3) is 0 Å². The molecular formula is C23H17N3. The maximum atomic E-state index is 4.86. The van der Waals surface area contributed by atoms with E-state index in [1.165, 1.54) is 16.3 Å². The highest BCUT2D eigenvalue weighted by Gasteiger charge is 2.14. The van der Waals surface area contributed by atoms with Gasteiger partial charge in [-0.05, 0) is 40.6 Å². The lowest BCUT2D eigenvalue weighted by Crippen LogP contribution is -2.03. The Bertz CT molecular complexity index is 1200. The number of benzene rings is 3. The smallest absolute Gasteiger partial charge is 0.160 e. The second kappa shape index (κ2) is 6.12. The number of para-hydroxylation sites is 2. The van der Waals surface area contributed by atoms with Crippen LogP contribution in [0.2, 0.25) is 0 Å². The lowest BCUT2D eigenvalue weighted by molar-refractivity contribution is 0.836. The van der Waals surface area contributed by atoms with Gasteiger partial charge in [-0.15, -0.1) is 0 Å². The van der Waals surface area contributed by atoms with Gasteiger partial charge in [0, 0.05) is 6.20 Å². The minimum Gasteiger partial charge on any atom is -0.318 e. The Morgan fingerprint density at radius 2 is 1.54 bits per heavy atom. The summed E-state index contributed by atoms with van der Waals surface area (Å²) in [5, 5.41) is 2.54. The number of hydrogen-bond donors (Lipinski definition) is 0. The Labute approximate surface area is 151 Å². The molecule has 0 radical (unpaired) electrons. The Morgan fingerprint density at radius 1 is 0.731 bits per heavy atom. The fourth-order valence-electron chi connectivity index (χ4n) is 3.53. The van der Waals surface area contributed by atoms with E-state index < -0.39 is 0 Å². The van der Waals surface area contributed by atoms with Gasteiger partial charge in [-0.3, -0.25) is 4.98 Å². The van der Waals surface area contributed by atoms with Crippen molar-refractivity contribution in [3.8, 4) is 11.5 Å². The van der Waals surface area contributed by atoms with Crippen LogP contribution in [0, 0.1) is 0 Å². The SMILES string of the molecule is c1ccc(-c2nc3ccccc3n2Cc2cccc3ccccc23)nc1. The third-order valence-corrected chi connectivity index (χ3v) is 4.76. The summed E-state index contributed by atoms with van der Waals surface area (Å²) in [6, 6.07) is 29.2. The predicted molar refractivity (Wildman–Crippen MR) is 106 cm³/mol. The van der Waals surface area contributed by atoms with Crippen molar-refractivity contribution in [3.63, 3.8) is 0 Å². The second-order valence-corrected chi connectivity index (χ2v) is 6.36. The van der Waals surface area contributed by atoms with Gasteiger partial charge in [-0.25, -0.2) is 4.98 Å². The van der Waals surface area contributed by atoms with E-state index in [9.17, 15) is 0 Å². The first kappa shape index (κ1) is 14.8. The van der Waals surface area contributed by atoms with Crippen LogP contribution >= 0.6 is 0 Å². The largest absolute Gasteiger partial charge is 0.318 e. The minimum atomic E-state index is 0.758. The molecule has 0 N–H and O–H groups in total. The summed E-state index contributed by atoms with van der Waals surface area (Å²) in [4.78, 5) is 9.39. The van der Waals surface area contributed by atoms with Crippen molar-refractivity contribution in [2.75, 3.05) is 0 Å². The molecule has 0 saturated carbocycles. The van der Waals surface area contributed by atoms with Gasteiger partial charge in [-0.1, -0.05) is 60.7 Å². The van der Waals surface area contributed by atoms with Gasteiger partial charge >= 0.3 is 0 Å². The Kier molecular flexibility index (Phi) is 3.49. The summed E-state index contributed by atoms with van der Waals surface area (Å²) in [5.74, 6) is 0.903. The topological polar surface area (TPSA) is 30.7 Å². The number of nitrogens with zero attached hydrogens (tertiary/aromatic N) is 3. The van der Waals surface area contributed by atoms with Crippen molar-refractivity contribution in [2.24, 2.45) is 0 Å². The molecule has 3 nitrogen and oxygen atoms in total. The van der Waals surface area contributed by atoms with E-state index in [1.807, 2.05) is 30.5 Å². The first-order valence-electron chi connectivity index (χ1n) is 8.73. The lowest BCUT2D eigenvalue weighted by atomic mass is 10.0. The normalized spacial score (nSPS) is 11.2. The Balaban J connectivity index is 1.73. The molecule has 0 aliphatic carbocycles. The summed E-state index contributed by atoms with van der Waals surface area (Å²) in [6.45, 7) is 0.758. The average molecular weight is 335 g/mol. The zero-order valence-electron chi connectivity index (χ0n) is 14.2. The molecule has 0 bridgehead atoms. The molecule has 3 heteroatoms. The van der Waals surface area contributed by atoms with E-state index in [-0.39, 0.29) is 0 Å². The minimum absolute atomic E-state index is 0.758. The lowest BCUT2D eigenvalue weighted by Gasteiger charge is -2.11. The van der Waals surface area contributed by atoms with Crippen molar-refractivity contribution < 1.29 is 0 Å². The highest BCUT2D eigenvalue weighted by atomic mass is 15.1. The number of imidazole rings is 1. The van der Waals surface area contributed by atoms with Crippen LogP contribution in [0.1, 0.15) is 5.56 Å². The molecule has 0 spiro atoms. The van der Waals surface area contributed by atoms with Gasteiger partial charge in [0.2, 0.25) is 0 Å². The van der Waals surface area contributed by atoms with Crippen LogP contribution in [0.15, 0.2) is 91.1 Å². The molecule has 2 aromatic heterocycles. The summed E-state index contributed by atoms with van der Waals surface area (Å²) in [5.41, 5.74) is 4.29. The number of aromatic nitrogens is 3. The predicted octanol–water partition coefficient (Wildman–Crippen LogP) is 5.30. The highest BCUT2D eigenvalue weighted by Crippen LogP contribution is 2.27. The Morgan fingerprint density at radius 3 is 2.46 bits per heavy atom. The van der Waals surface area contributed by atoms with Crippen LogP contribution in [0.3, 0.4) is 0 Å². The fraction of sp³-hybridized carbons (Fsp3) is 0.0435. The third-order valence-electron chi connectivity index (χ3n) is 4.76. The fourth-order valence-corrected chi connectivity index (χ4v) is 3.53. The number of fused-ring (bicyclic) bond motifs is 2. The van der Waals surface area contributed by atoms with E-state index in [4.69, 9.17) is 4.98 Å². The Hall–Kier alpha value is -3.46. The van der Waals surface area contributed by atoms with Gasteiger partial charge in [0.05, 0.1) is 17.6 Å². The molecule has 124 valence electrons. The molecule has 0 aliphatic heterocycles. The molecule has 2 heterocycles. The van der Waals surface area contributed by atoms with E-state index in [1.54, 1.807) is 0 Å². The van der Waals surface area contributed by atoms with Gasteiger partial charge in [0.1, 0.15) is 5.69 Å². The summed E-state index contributed by atoms with van der Waals surface area (Å²) in [7, 11) is 0. The van der Waals surface area contributed by atoms with Gasteiger partial charge in [0.15, 0.2) is 5.82 Å². The molecule has 26 heavy (non-hydrogen) atoms. The van der Waals surface area contributed by atoms with Crippen molar-refractivity contribution in [3.05, 3.63) is 96.7 Å². The first-order chi connectivity index (χ1) is 12.9. The molecule has 0 amide bonds. The van der Waals surface area contributed by atoms with Crippen LogP contribution in [0.5, 0.6) is 0 Å². The zero-order chi connectivity index (χ0) is 17.3. The quantitative estimate of drug-likeness (QED) is 0.448. The highest BCUT2D eigenvalue weighted by molar-refractivity contribution is 5.86. The van der Waals surface area contributed by atoms with Gasteiger partial charge in [-0.2, -0.15) is 0 Å². The molecule has 5 aromatic rings. The van der Waals surface area contributed by atoms with Crippen molar-refractivity contribution in [1.29, 1.82) is 0 Å². The van der Waals surface area contributed by atoms with Crippen LogP contribution < -0.4 is 0 Å². The molecule has 3 aromatic carbocycles. The van der Waals surface area contributed by atoms with Gasteiger partial charge < -0.3 is 4.57 Å². The average Bonchev–Trinajstić information content (AvgIpc) is 3.08. The van der Waals surface area contributed by atoms with E-state index in [0.29, 0.717) is 0 Å². The standard InChI is InChI=1S/C23H17N3/c1-2-11-19-17(8-1)9-7-10-18(19)16-26-22-14-4-3-12-20(22)25-23(26)21-13-5-6-15-24-21/h1-15H,16H2. The number of hydrogen-bond acceptors (Lipinski definition) is 2. The maximum absolute atomic E-state index is 4.86. The molecule has 0 atom stereocenters. The first-order valence-corrected chi connectivity index (χ1v) is 8.73. The van der Waals surface area contributed by atoms with Crippen molar-refractivity contribution >= 4 is 21.8 Å². The molecular weight excluding hydrogens is 318 g/mol. The summed E-state index contributed by atoms with van der Waals surface area (Å²) in [6.07, 6.45) is 1.82. The van der Waals surface area contributed by atoms with Crippen molar-refractivity contribution in [1.82, 2.24) is 14.5 Å². The van der Waals surface area contributed by atoms with E-state index in [0.717, 1.165) is 29.1 Å². The maximum Gasteiger partial charge on any atom is 0.160 e. The molecule has 0 unspecified atom stereocenters. The van der Waals surface area contributed by atoms with Crippen LogP contribution in [-0.4, -0.2) is 14.5 Å². The van der Waals surface area contributed by atoms with Crippen molar-refractivity contribution in [2.45, 2.75) is 6.54 Å². The van der Waals surface area contributed by atoms with E-state index >= 15 is 0 Å². The summed E-state index contributed by atoms with van der Waals surface area (Å²) >= 11 is 0. The molecule has 0 saturated heterocycles. The van der Waals surface area contributed by atoms with Crippen LogP contribution in [-0.2, 0) is 6.54 Å². The second-order valence-electron chi connectivity index (χ2n) is 6.36. The number of rotatable bonds is 3. The van der Waals surface area contributed by atoms with Crippen LogP contribution in [0.4, 0.5) is 0 Å². The molecule has 5 rings (SSSR count).